The Morgan fingerprint density at radius 2 is 1.82 bits per heavy atom. The molecule has 0 saturated heterocycles. The van der Waals surface area contributed by atoms with Gasteiger partial charge in [-0.1, -0.05) is 30.3 Å². The van der Waals surface area contributed by atoms with Crippen LogP contribution in [-0.2, 0) is 4.79 Å². The number of ether oxygens (including phenoxy) is 1. The third-order valence-electron chi connectivity index (χ3n) is 3.57. The zero-order valence-corrected chi connectivity index (χ0v) is 13.5. The molecular weight excluding hydrogens is 274 g/mol. The Labute approximate surface area is 132 Å². The van der Waals surface area contributed by atoms with Crippen LogP contribution in [0.5, 0.6) is 5.75 Å². The SMILES string of the molecule is Cc1ccc(C)c(NC(=O)CCCOc2ccccc2C)c1. The van der Waals surface area contributed by atoms with E-state index in [-0.39, 0.29) is 5.91 Å². The zero-order chi connectivity index (χ0) is 15.9. The maximum atomic E-state index is 12.0. The Hall–Kier alpha value is -2.29. The number of benzene rings is 2. The van der Waals surface area contributed by atoms with Gasteiger partial charge < -0.3 is 10.1 Å². The Bertz CT molecular complexity index is 650. The number of aryl methyl sites for hydroxylation is 3. The molecule has 1 amide bonds. The molecule has 0 radical (unpaired) electrons. The number of nitrogens with one attached hydrogen (secondary N) is 1. The highest BCUT2D eigenvalue weighted by Crippen LogP contribution is 2.18. The first-order valence-electron chi connectivity index (χ1n) is 7.62. The minimum Gasteiger partial charge on any atom is -0.493 e. The first-order valence-corrected chi connectivity index (χ1v) is 7.62. The molecule has 2 aromatic rings. The number of hydrogen-bond donors (Lipinski definition) is 1. The summed E-state index contributed by atoms with van der Waals surface area (Å²) in [5, 5.41) is 2.97. The smallest absolute Gasteiger partial charge is 0.224 e. The van der Waals surface area contributed by atoms with E-state index in [1.807, 2.05) is 63.2 Å². The summed E-state index contributed by atoms with van der Waals surface area (Å²) < 4.78 is 5.70. The number of rotatable bonds is 6. The van der Waals surface area contributed by atoms with E-state index in [2.05, 4.69) is 5.32 Å². The van der Waals surface area contributed by atoms with Crippen LogP contribution in [0, 0.1) is 20.8 Å². The van der Waals surface area contributed by atoms with Crippen LogP contribution in [0.1, 0.15) is 29.5 Å². The first-order chi connectivity index (χ1) is 10.6. The molecule has 0 spiro atoms. The first kappa shape index (κ1) is 16.1. The topological polar surface area (TPSA) is 38.3 Å². The molecule has 3 heteroatoms. The summed E-state index contributed by atoms with van der Waals surface area (Å²) in [4.78, 5) is 12.0. The van der Waals surface area contributed by atoms with Crippen molar-refractivity contribution in [3.63, 3.8) is 0 Å². The minimum atomic E-state index is 0.0297. The molecule has 3 nitrogen and oxygen atoms in total. The number of anilines is 1. The largest absolute Gasteiger partial charge is 0.493 e. The lowest BCUT2D eigenvalue weighted by molar-refractivity contribution is -0.116. The fourth-order valence-electron chi connectivity index (χ4n) is 2.22. The quantitative estimate of drug-likeness (QED) is 0.802. The van der Waals surface area contributed by atoms with E-state index in [0.29, 0.717) is 19.4 Å². The number of hydrogen-bond acceptors (Lipinski definition) is 2. The highest BCUT2D eigenvalue weighted by Gasteiger charge is 2.05. The van der Waals surface area contributed by atoms with Gasteiger partial charge in [0, 0.05) is 12.1 Å². The van der Waals surface area contributed by atoms with Crippen molar-refractivity contribution in [3.8, 4) is 5.75 Å². The third-order valence-corrected chi connectivity index (χ3v) is 3.57. The monoisotopic (exact) mass is 297 g/mol. The lowest BCUT2D eigenvalue weighted by atomic mass is 10.1. The summed E-state index contributed by atoms with van der Waals surface area (Å²) in [6.45, 7) is 6.58. The molecule has 1 N–H and O–H groups in total. The van der Waals surface area contributed by atoms with Gasteiger partial charge in [0.25, 0.3) is 0 Å². The Morgan fingerprint density at radius 3 is 2.59 bits per heavy atom. The molecule has 0 aliphatic heterocycles. The van der Waals surface area contributed by atoms with Gasteiger partial charge in [0.1, 0.15) is 5.75 Å². The second-order valence-electron chi connectivity index (χ2n) is 5.58. The predicted octanol–water partition coefficient (Wildman–Crippen LogP) is 4.41. The van der Waals surface area contributed by atoms with Crippen molar-refractivity contribution in [2.45, 2.75) is 33.6 Å². The van der Waals surface area contributed by atoms with Gasteiger partial charge in [-0.3, -0.25) is 4.79 Å². The van der Waals surface area contributed by atoms with Gasteiger partial charge in [0.15, 0.2) is 0 Å². The van der Waals surface area contributed by atoms with Gasteiger partial charge in [-0.15, -0.1) is 0 Å². The second kappa shape index (κ2) is 7.64. The second-order valence-corrected chi connectivity index (χ2v) is 5.58. The molecule has 0 aliphatic carbocycles. The maximum Gasteiger partial charge on any atom is 0.224 e. The van der Waals surface area contributed by atoms with Crippen LogP contribution < -0.4 is 10.1 Å². The van der Waals surface area contributed by atoms with Crippen LogP contribution in [-0.4, -0.2) is 12.5 Å². The summed E-state index contributed by atoms with van der Waals surface area (Å²) in [5.41, 5.74) is 4.23. The molecule has 0 saturated carbocycles. The Morgan fingerprint density at radius 1 is 1.05 bits per heavy atom. The molecule has 0 aliphatic rings. The Balaban J connectivity index is 1.76. The fraction of sp³-hybridized carbons (Fsp3) is 0.316. The van der Waals surface area contributed by atoms with E-state index in [4.69, 9.17) is 4.74 Å². The highest BCUT2D eigenvalue weighted by molar-refractivity contribution is 5.91. The number of amides is 1. The molecule has 2 aromatic carbocycles. The highest BCUT2D eigenvalue weighted by atomic mass is 16.5. The van der Waals surface area contributed by atoms with E-state index in [1.54, 1.807) is 0 Å². The number of para-hydroxylation sites is 1. The molecular formula is C19H23NO2. The van der Waals surface area contributed by atoms with Gasteiger partial charge in [0.2, 0.25) is 5.91 Å². The van der Waals surface area contributed by atoms with Crippen molar-refractivity contribution in [2.75, 3.05) is 11.9 Å². The van der Waals surface area contributed by atoms with Gasteiger partial charge in [0.05, 0.1) is 6.61 Å². The van der Waals surface area contributed by atoms with Crippen molar-refractivity contribution in [2.24, 2.45) is 0 Å². The number of carbonyl (C=O) groups excluding carboxylic acids is 1. The molecule has 2 rings (SSSR count). The lowest BCUT2D eigenvalue weighted by Crippen LogP contribution is -2.13. The summed E-state index contributed by atoms with van der Waals surface area (Å²) in [6, 6.07) is 14.0. The van der Waals surface area contributed by atoms with Gasteiger partial charge in [-0.2, -0.15) is 0 Å². The zero-order valence-electron chi connectivity index (χ0n) is 13.5. The fourth-order valence-corrected chi connectivity index (χ4v) is 2.22. The van der Waals surface area contributed by atoms with Crippen molar-refractivity contribution >= 4 is 11.6 Å². The molecule has 0 aromatic heterocycles. The van der Waals surface area contributed by atoms with Gasteiger partial charge in [-0.25, -0.2) is 0 Å². The normalized spacial score (nSPS) is 10.3. The predicted molar refractivity (Wildman–Crippen MR) is 90.5 cm³/mol. The molecule has 0 fully saturated rings. The lowest BCUT2D eigenvalue weighted by Gasteiger charge is -2.10. The van der Waals surface area contributed by atoms with Gasteiger partial charge in [-0.05, 0) is 56.0 Å². The van der Waals surface area contributed by atoms with Crippen molar-refractivity contribution in [1.29, 1.82) is 0 Å². The average Bonchev–Trinajstić information content (AvgIpc) is 2.49. The van der Waals surface area contributed by atoms with Crippen LogP contribution in [0.4, 0.5) is 5.69 Å². The van der Waals surface area contributed by atoms with E-state index in [1.165, 1.54) is 0 Å². The van der Waals surface area contributed by atoms with E-state index >= 15 is 0 Å². The molecule has 116 valence electrons. The van der Waals surface area contributed by atoms with Crippen LogP contribution in [0.15, 0.2) is 42.5 Å². The molecule has 0 heterocycles. The maximum absolute atomic E-state index is 12.0. The van der Waals surface area contributed by atoms with Crippen LogP contribution in [0.25, 0.3) is 0 Å². The number of carbonyl (C=O) groups is 1. The van der Waals surface area contributed by atoms with E-state index < -0.39 is 0 Å². The molecule has 0 atom stereocenters. The van der Waals surface area contributed by atoms with Gasteiger partial charge >= 0.3 is 0 Å². The van der Waals surface area contributed by atoms with Crippen LogP contribution in [0.2, 0.25) is 0 Å². The minimum absolute atomic E-state index is 0.0297. The standard InChI is InChI=1S/C19H23NO2/c1-14-10-11-15(2)17(13-14)20-19(21)9-6-12-22-18-8-5-4-7-16(18)3/h4-5,7-8,10-11,13H,6,9,12H2,1-3H3,(H,20,21). The summed E-state index contributed by atoms with van der Waals surface area (Å²) >= 11 is 0. The van der Waals surface area contributed by atoms with Crippen molar-refractivity contribution < 1.29 is 9.53 Å². The molecule has 0 unspecified atom stereocenters. The summed E-state index contributed by atoms with van der Waals surface area (Å²) in [6.07, 6.45) is 1.16. The molecule has 22 heavy (non-hydrogen) atoms. The van der Waals surface area contributed by atoms with Crippen LogP contribution >= 0.6 is 0 Å². The van der Waals surface area contributed by atoms with E-state index in [0.717, 1.165) is 28.1 Å². The Kier molecular flexibility index (Phi) is 5.59. The van der Waals surface area contributed by atoms with E-state index in [9.17, 15) is 4.79 Å². The van der Waals surface area contributed by atoms with Crippen molar-refractivity contribution in [1.82, 2.24) is 0 Å². The summed E-state index contributed by atoms with van der Waals surface area (Å²) in [7, 11) is 0. The van der Waals surface area contributed by atoms with Crippen molar-refractivity contribution in [3.05, 3.63) is 59.2 Å². The van der Waals surface area contributed by atoms with Crippen LogP contribution in [0.3, 0.4) is 0 Å². The third kappa shape index (κ3) is 4.62. The average molecular weight is 297 g/mol. The molecule has 0 bridgehead atoms. The summed E-state index contributed by atoms with van der Waals surface area (Å²) in [5.74, 6) is 0.916.